The number of methoxy groups -OCH3 is 1. The van der Waals surface area contributed by atoms with Gasteiger partial charge in [0.25, 0.3) is 0 Å². The van der Waals surface area contributed by atoms with Crippen molar-refractivity contribution in [2.24, 2.45) is 4.99 Å². The normalized spacial score (nSPS) is 12.9. The molecule has 0 saturated carbocycles. The molecule has 3 heteroatoms. The fourth-order valence-corrected chi connectivity index (χ4v) is 3.77. The van der Waals surface area contributed by atoms with Gasteiger partial charge in [0.15, 0.2) is 11.5 Å². The van der Waals surface area contributed by atoms with E-state index in [1.807, 2.05) is 24.3 Å². The third-order valence-corrected chi connectivity index (χ3v) is 5.55. The molecule has 0 radical (unpaired) electrons. The van der Waals surface area contributed by atoms with E-state index in [0.29, 0.717) is 6.61 Å². The maximum atomic E-state index is 5.99. The summed E-state index contributed by atoms with van der Waals surface area (Å²) >= 11 is 0. The van der Waals surface area contributed by atoms with Gasteiger partial charge in [-0.25, -0.2) is 0 Å². The number of ether oxygens (including phenoxy) is 2. The Morgan fingerprint density at radius 1 is 0.862 bits per heavy atom. The molecule has 4 rings (SSSR count). The highest BCUT2D eigenvalue weighted by atomic mass is 16.5. The first-order valence-corrected chi connectivity index (χ1v) is 10.1. The molecule has 0 atom stereocenters. The van der Waals surface area contributed by atoms with Crippen molar-refractivity contribution in [3.63, 3.8) is 0 Å². The molecule has 3 nitrogen and oxygen atoms in total. The van der Waals surface area contributed by atoms with Crippen LogP contribution in [0.25, 0.3) is 0 Å². The molecule has 0 spiro atoms. The average Bonchev–Trinajstić information content (AvgIpc) is 2.75. The largest absolute Gasteiger partial charge is 0.493 e. The maximum absolute atomic E-state index is 5.99. The molecule has 0 N–H and O–H groups in total. The highest BCUT2D eigenvalue weighted by Crippen LogP contribution is 2.30. The number of hydrogen-bond acceptors (Lipinski definition) is 3. The van der Waals surface area contributed by atoms with Crippen molar-refractivity contribution in [2.75, 3.05) is 13.7 Å². The summed E-state index contributed by atoms with van der Waals surface area (Å²) in [5, 5.41) is 0. The number of rotatable bonds is 6. The van der Waals surface area contributed by atoms with Gasteiger partial charge >= 0.3 is 0 Å². The third kappa shape index (κ3) is 4.34. The molecular formula is C26H27NO2. The first kappa shape index (κ1) is 19.3. The first-order valence-electron chi connectivity index (χ1n) is 10.1. The van der Waals surface area contributed by atoms with E-state index in [1.165, 1.54) is 27.8 Å². The molecule has 0 amide bonds. The third-order valence-electron chi connectivity index (χ3n) is 5.55. The average molecular weight is 386 g/mol. The Bertz CT molecular complexity index is 1040. The van der Waals surface area contributed by atoms with E-state index in [4.69, 9.17) is 14.5 Å². The van der Waals surface area contributed by atoms with Crippen molar-refractivity contribution in [3.05, 3.63) is 94.0 Å². The van der Waals surface area contributed by atoms with Gasteiger partial charge in [-0.05, 0) is 71.8 Å². The second-order valence-electron chi connectivity index (χ2n) is 7.61. The lowest BCUT2D eigenvalue weighted by molar-refractivity contribution is 0.284. The lowest BCUT2D eigenvalue weighted by Gasteiger charge is -2.19. The minimum atomic E-state index is 0.523. The Labute approximate surface area is 173 Å². The molecule has 0 aromatic heterocycles. The SMILES string of the molecule is COc1cc(CC2=NCCc3cc(C)c(C)cc32)ccc1OCc1ccccc1. The Morgan fingerprint density at radius 3 is 2.45 bits per heavy atom. The quantitative estimate of drug-likeness (QED) is 0.563. The van der Waals surface area contributed by atoms with Crippen LogP contribution in [-0.4, -0.2) is 19.4 Å². The fourth-order valence-electron chi connectivity index (χ4n) is 3.77. The van der Waals surface area contributed by atoms with Crippen molar-refractivity contribution < 1.29 is 9.47 Å². The predicted molar refractivity (Wildman–Crippen MR) is 118 cm³/mol. The number of aryl methyl sites for hydroxylation is 2. The van der Waals surface area contributed by atoms with E-state index < -0.39 is 0 Å². The zero-order valence-corrected chi connectivity index (χ0v) is 17.4. The van der Waals surface area contributed by atoms with Crippen LogP contribution in [0.1, 0.15) is 33.4 Å². The Balaban J connectivity index is 1.53. The van der Waals surface area contributed by atoms with Crippen LogP contribution in [0.15, 0.2) is 65.7 Å². The summed E-state index contributed by atoms with van der Waals surface area (Å²) < 4.78 is 11.6. The molecule has 29 heavy (non-hydrogen) atoms. The van der Waals surface area contributed by atoms with Crippen LogP contribution in [0, 0.1) is 13.8 Å². The van der Waals surface area contributed by atoms with Crippen LogP contribution in [0.4, 0.5) is 0 Å². The minimum Gasteiger partial charge on any atom is -0.493 e. The summed E-state index contributed by atoms with van der Waals surface area (Å²) in [7, 11) is 1.69. The van der Waals surface area contributed by atoms with Gasteiger partial charge in [0, 0.05) is 18.7 Å². The summed E-state index contributed by atoms with van der Waals surface area (Å²) in [6.45, 7) is 5.74. The Morgan fingerprint density at radius 2 is 1.66 bits per heavy atom. The van der Waals surface area contributed by atoms with E-state index in [1.54, 1.807) is 7.11 Å². The highest BCUT2D eigenvalue weighted by Gasteiger charge is 2.17. The van der Waals surface area contributed by atoms with Gasteiger partial charge in [0.1, 0.15) is 6.61 Å². The summed E-state index contributed by atoms with van der Waals surface area (Å²) in [6, 6.07) is 21.0. The molecule has 0 saturated heterocycles. The molecule has 1 aliphatic rings. The van der Waals surface area contributed by atoms with E-state index in [-0.39, 0.29) is 0 Å². The predicted octanol–water partition coefficient (Wildman–Crippen LogP) is 5.48. The molecule has 0 unspecified atom stereocenters. The molecule has 148 valence electrons. The first-order chi connectivity index (χ1) is 14.1. The molecule has 0 aliphatic carbocycles. The maximum Gasteiger partial charge on any atom is 0.161 e. The zero-order chi connectivity index (χ0) is 20.2. The van der Waals surface area contributed by atoms with Gasteiger partial charge in [-0.3, -0.25) is 4.99 Å². The Hall–Kier alpha value is -3.07. The molecule has 1 aliphatic heterocycles. The highest BCUT2D eigenvalue weighted by molar-refractivity contribution is 6.04. The van der Waals surface area contributed by atoms with Crippen molar-refractivity contribution in [1.29, 1.82) is 0 Å². The van der Waals surface area contributed by atoms with Crippen molar-refractivity contribution >= 4 is 5.71 Å². The van der Waals surface area contributed by atoms with Crippen LogP contribution in [0.5, 0.6) is 11.5 Å². The topological polar surface area (TPSA) is 30.8 Å². The summed E-state index contributed by atoms with van der Waals surface area (Å²) in [4.78, 5) is 4.84. The van der Waals surface area contributed by atoms with Gasteiger partial charge in [0.2, 0.25) is 0 Å². The lowest BCUT2D eigenvalue weighted by atomic mass is 9.90. The van der Waals surface area contributed by atoms with Gasteiger partial charge in [-0.2, -0.15) is 0 Å². The monoisotopic (exact) mass is 385 g/mol. The van der Waals surface area contributed by atoms with E-state index in [0.717, 1.165) is 42.2 Å². The van der Waals surface area contributed by atoms with Crippen LogP contribution in [-0.2, 0) is 19.4 Å². The van der Waals surface area contributed by atoms with E-state index in [9.17, 15) is 0 Å². The fraction of sp³-hybridized carbons (Fsp3) is 0.269. The zero-order valence-electron chi connectivity index (χ0n) is 17.4. The van der Waals surface area contributed by atoms with Gasteiger partial charge < -0.3 is 9.47 Å². The second kappa shape index (κ2) is 8.52. The molecular weight excluding hydrogens is 358 g/mol. The van der Waals surface area contributed by atoms with Crippen LogP contribution >= 0.6 is 0 Å². The molecule has 1 heterocycles. The molecule has 3 aromatic carbocycles. The molecule has 0 bridgehead atoms. The van der Waals surface area contributed by atoms with Crippen molar-refractivity contribution in [3.8, 4) is 11.5 Å². The molecule has 3 aromatic rings. The number of benzene rings is 3. The number of hydrogen-bond donors (Lipinski definition) is 0. The van der Waals surface area contributed by atoms with Gasteiger partial charge in [-0.15, -0.1) is 0 Å². The van der Waals surface area contributed by atoms with Gasteiger partial charge in [-0.1, -0.05) is 42.5 Å². The summed E-state index contributed by atoms with van der Waals surface area (Å²) in [5.41, 5.74) is 8.85. The smallest absolute Gasteiger partial charge is 0.161 e. The lowest BCUT2D eigenvalue weighted by Crippen LogP contribution is -2.16. The number of aliphatic imine (C=N–C) groups is 1. The van der Waals surface area contributed by atoms with Crippen LogP contribution < -0.4 is 9.47 Å². The van der Waals surface area contributed by atoms with Gasteiger partial charge in [0.05, 0.1) is 7.11 Å². The number of nitrogens with zero attached hydrogens (tertiary/aromatic N) is 1. The summed E-state index contributed by atoms with van der Waals surface area (Å²) in [6.07, 6.45) is 1.82. The van der Waals surface area contributed by atoms with Crippen LogP contribution in [0.3, 0.4) is 0 Å². The standard InChI is InChI=1S/C26H27NO2/c1-18-13-22-11-12-27-24(23(22)14-19(18)2)15-21-9-10-25(26(16-21)28-3)29-17-20-7-5-4-6-8-20/h4-10,13-14,16H,11-12,15,17H2,1-3H3. The molecule has 0 fully saturated rings. The Kier molecular flexibility index (Phi) is 5.66. The van der Waals surface area contributed by atoms with E-state index in [2.05, 4.69) is 50.2 Å². The summed E-state index contributed by atoms with van der Waals surface area (Å²) in [5.74, 6) is 1.52. The number of fused-ring (bicyclic) bond motifs is 1. The van der Waals surface area contributed by atoms with Crippen molar-refractivity contribution in [1.82, 2.24) is 0 Å². The van der Waals surface area contributed by atoms with Crippen molar-refractivity contribution in [2.45, 2.75) is 33.3 Å². The minimum absolute atomic E-state index is 0.523. The second-order valence-corrected chi connectivity index (χ2v) is 7.61. The van der Waals surface area contributed by atoms with Crippen LogP contribution in [0.2, 0.25) is 0 Å². The van der Waals surface area contributed by atoms with E-state index >= 15 is 0 Å².